The molecule has 104 valence electrons. The maximum Gasteiger partial charge on any atom is 0.147 e. The number of carbonyl (C=O) groups is 1. The van der Waals surface area contributed by atoms with E-state index in [1.807, 2.05) is 6.92 Å². The van der Waals surface area contributed by atoms with Gasteiger partial charge < -0.3 is 10.8 Å². The molecule has 5 unspecified atom stereocenters. The molecule has 2 aliphatic carbocycles. The van der Waals surface area contributed by atoms with E-state index in [1.54, 1.807) is 6.92 Å². The fourth-order valence-corrected chi connectivity index (χ4v) is 4.73. The summed E-state index contributed by atoms with van der Waals surface area (Å²) >= 11 is 0. The van der Waals surface area contributed by atoms with Gasteiger partial charge in [0.05, 0.1) is 11.6 Å². The summed E-state index contributed by atoms with van der Waals surface area (Å²) in [6.07, 6.45) is 5.95. The maximum absolute atomic E-state index is 11.7. The molecule has 2 saturated carbocycles. The molecule has 0 amide bonds. The van der Waals surface area contributed by atoms with E-state index < -0.39 is 11.6 Å². The monoisotopic (exact) mass is 253 g/mol. The van der Waals surface area contributed by atoms with Crippen LogP contribution in [0, 0.1) is 17.3 Å². The van der Waals surface area contributed by atoms with Crippen molar-refractivity contribution in [2.75, 3.05) is 0 Å². The van der Waals surface area contributed by atoms with E-state index in [0.717, 1.165) is 25.7 Å². The molecule has 0 aliphatic heterocycles. The lowest BCUT2D eigenvalue weighted by atomic mass is 9.52. The third-order valence-electron chi connectivity index (χ3n) is 5.19. The van der Waals surface area contributed by atoms with Crippen molar-refractivity contribution in [3.8, 4) is 0 Å². The Morgan fingerprint density at radius 1 is 1.44 bits per heavy atom. The first-order valence-corrected chi connectivity index (χ1v) is 7.26. The van der Waals surface area contributed by atoms with Crippen LogP contribution in [0.1, 0.15) is 59.3 Å². The summed E-state index contributed by atoms with van der Waals surface area (Å²) in [6, 6.07) is -0.402. The van der Waals surface area contributed by atoms with Crippen molar-refractivity contribution >= 4 is 5.78 Å². The smallest absolute Gasteiger partial charge is 0.147 e. The fourth-order valence-electron chi connectivity index (χ4n) is 4.73. The zero-order chi connectivity index (χ0) is 13.6. The van der Waals surface area contributed by atoms with Crippen LogP contribution in [0.15, 0.2) is 0 Å². The number of carbonyl (C=O) groups excluding carboxylic acids is 1. The number of Topliss-reactive ketones (excluding diaryl/α,β-unsaturated/α-hetero) is 1. The van der Waals surface area contributed by atoms with Crippen molar-refractivity contribution in [2.45, 2.75) is 70.9 Å². The normalized spacial score (nSPS) is 45.6. The molecule has 0 aromatic heterocycles. The van der Waals surface area contributed by atoms with Crippen LogP contribution in [0.4, 0.5) is 0 Å². The van der Waals surface area contributed by atoms with Crippen LogP contribution in [0.5, 0.6) is 0 Å². The van der Waals surface area contributed by atoms with Gasteiger partial charge in [0.1, 0.15) is 5.78 Å². The van der Waals surface area contributed by atoms with Crippen molar-refractivity contribution in [1.82, 2.24) is 0 Å². The predicted molar refractivity (Wildman–Crippen MR) is 72.1 cm³/mol. The van der Waals surface area contributed by atoms with Crippen LogP contribution in [0.25, 0.3) is 0 Å². The second-order valence-corrected chi connectivity index (χ2v) is 7.11. The van der Waals surface area contributed by atoms with Crippen LogP contribution >= 0.6 is 0 Å². The molecule has 5 atom stereocenters. The molecule has 2 fully saturated rings. The average molecular weight is 253 g/mol. The molecule has 18 heavy (non-hydrogen) atoms. The van der Waals surface area contributed by atoms with Gasteiger partial charge in [0, 0.05) is 0 Å². The second-order valence-electron chi connectivity index (χ2n) is 7.11. The maximum atomic E-state index is 11.7. The summed E-state index contributed by atoms with van der Waals surface area (Å²) in [5.41, 5.74) is 5.41. The number of nitrogens with two attached hydrogens (primary N) is 1. The van der Waals surface area contributed by atoms with Gasteiger partial charge in [0.2, 0.25) is 0 Å². The number of fused-ring (bicyclic) bond motifs is 2. The van der Waals surface area contributed by atoms with E-state index >= 15 is 0 Å². The Morgan fingerprint density at radius 3 is 2.67 bits per heavy atom. The van der Waals surface area contributed by atoms with E-state index in [4.69, 9.17) is 5.73 Å². The Bertz CT molecular complexity index is 339. The first-order chi connectivity index (χ1) is 8.28. The van der Waals surface area contributed by atoms with Crippen molar-refractivity contribution in [1.29, 1.82) is 0 Å². The van der Waals surface area contributed by atoms with Gasteiger partial charge in [-0.05, 0) is 63.2 Å². The number of ketones is 1. The lowest BCUT2D eigenvalue weighted by molar-refractivity contribution is -0.133. The van der Waals surface area contributed by atoms with Crippen LogP contribution in [-0.2, 0) is 4.79 Å². The van der Waals surface area contributed by atoms with Crippen LogP contribution in [0.2, 0.25) is 0 Å². The molecule has 2 bridgehead atoms. The molecule has 2 aliphatic rings. The Hall–Kier alpha value is -0.410. The molecule has 0 saturated heterocycles. The summed E-state index contributed by atoms with van der Waals surface area (Å²) in [5, 5.41) is 10.5. The first-order valence-electron chi connectivity index (χ1n) is 7.26. The molecule has 3 N–H and O–H groups in total. The highest BCUT2D eigenvalue weighted by atomic mass is 16.3. The summed E-state index contributed by atoms with van der Waals surface area (Å²) in [6.45, 7) is 5.72. The average Bonchev–Trinajstić information content (AvgIpc) is 2.24. The number of aliphatic hydroxyl groups is 1. The lowest BCUT2D eigenvalue weighted by Crippen LogP contribution is -2.57. The van der Waals surface area contributed by atoms with Crippen molar-refractivity contribution in [3.05, 3.63) is 0 Å². The molecule has 3 nitrogen and oxygen atoms in total. The van der Waals surface area contributed by atoms with Gasteiger partial charge in [-0.1, -0.05) is 13.3 Å². The number of hydrogen-bond acceptors (Lipinski definition) is 3. The van der Waals surface area contributed by atoms with Gasteiger partial charge in [-0.15, -0.1) is 0 Å². The number of hydrogen-bond donors (Lipinski definition) is 2. The predicted octanol–water partition coefficient (Wildman–Crippen LogP) is 2.26. The Kier molecular flexibility index (Phi) is 3.58. The quantitative estimate of drug-likeness (QED) is 0.811. The van der Waals surface area contributed by atoms with Crippen LogP contribution in [0.3, 0.4) is 0 Å². The molecule has 2 rings (SSSR count). The Morgan fingerprint density at radius 2 is 2.11 bits per heavy atom. The minimum Gasteiger partial charge on any atom is -0.390 e. The van der Waals surface area contributed by atoms with Gasteiger partial charge in [-0.2, -0.15) is 0 Å². The van der Waals surface area contributed by atoms with E-state index in [1.165, 1.54) is 6.42 Å². The van der Waals surface area contributed by atoms with Gasteiger partial charge >= 0.3 is 0 Å². The summed E-state index contributed by atoms with van der Waals surface area (Å²) in [7, 11) is 0. The van der Waals surface area contributed by atoms with Crippen LogP contribution in [-0.4, -0.2) is 22.5 Å². The standard InChI is InChI=1S/C15H27NO2/c1-4-11-5-12-6-14(3,18)9-15(7-11,8-12)13(16)10(2)17/h11-13,18H,4-9,16H2,1-3H3. The largest absolute Gasteiger partial charge is 0.390 e. The van der Waals surface area contributed by atoms with Gasteiger partial charge in [-0.25, -0.2) is 0 Å². The highest BCUT2D eigenvalue weighted by molar-refractivity contribution is 5.82. The highest BCUT2D eigenvalue weighted by Gasteiger charge is 2.53. The minimum absolute atomic E-state index is 0.0724. The highest BCUT2D eigenvalue weighted by Crippen LogP contribution is 2.55. The molecular weight excluding hydrogens is 226 g/mol. The van der Waals surface area contributed by atoms with E-state index in [0.29, 0.717) is 18.3 Å². The molecule has 0 heterocycles. The Balaban J connectivity index is 2.30. The first kappa shape index (κ1) is 14.0. The van der Waals surface area contributed by atoms with E-state index in [9.17, 15) is 9.90 Å². The van der Waals surface area contributed by atoms with Crippen molar-refractivity contribution in [2.24, 2.45) is 23.0 Å². The molecule has 0 radical (unpaired) electrons. The summed E-state index contributed by atoms with van der Waals surface area (Å²) in [4.78, 5) is 11.7. The molecule has 0 aromatic carbocycles. The zero-order valence-electron chi connectivity index (χ0n) is 11.9. The third kappa shape index (κ3) is 2.48. The fraction of sp³-hybridized carbons (Fsp3) is 0.933. The molecule has 0 spiro atoms. The van der Waals surface area contributed by atoms with Gasteiger partial charge in [-0.3, -0.25) is 4.79 Å². The summed E-state index contributed by atoms with van der Waals surface area (Å²) < 4.78 is 0. The Labute approximate surface area is 110 Å². The van der Waals surface area contributed by atoms with E-state index in [-0.39, 0.29) is 11.2 Å². The SMILES string of the molecule is CCC1CC2CC(C)(O)CC(C(N)C(C)=O)(C1)C2. The second kappa shape index (κ2) is 4.61. The third-order valence-corrected chi connectivity index (χ3v) is 5.19. The number of rotatable bonds is 3. The lowest BCUT2D eigenvalue weighted by Gasteiger charge is -2.55. The van der Waals surface area contributed by atoms with Crippen LogP contribution < -0.4 is 5.73 Å². The summed E-state index contributed by atoms with van der Waals surface area (Å²) in [5.74, 6) is 1.28. The van der Waals surface area contributed by atoms with Crippen molar-refractivity contribution in [3.63, 3.8) is 0 Å². The van der Waals surface area contributed by atoms with Gasteiger partial charge in [0.15, 0.2) is 0 Å². The van der Waals surface area contributed by atoms with Gasteiger partial charge in [0.25, 0.3) is 0 Å². The van der Waals surface area contributed by atoms with E-state index in [2.05, 4.69) is 6.92 Å². The molecular formula is C15H27NO2. The zero-order valence-corrected chi connectivity index (χ0v) is 11.9. The minimum atomic E-state index is -0.644. The topological polar surface area (TPSA) is 63.3 Å². The van der Waals surface area contributed by atoms with Crippen molar-refractivity contribution < 1.29 is 9.90 Å². The molecule has 0 aromatic rings. The molecule has 3 heteroatoms.